The van der Waals surface area contributed by atoms with E-state index in [0.29, 0.717) is 27.6 Å². The molecule has 0 saturated carbocycles. The van der Waals surface area contributed by atoms with Crippen LogP contribution in [-0.2, 0) is 11.3 Å². The summed E-state index contributed by atoms with van der Waals surface area (Å²) in [6.45, 7) is 4.04. The number of carbonyl (C=O) groups is 1. The number of halogens is 1. The van der Waals surface area contributed by atoms with Gasteiger partial charge in [0.25, 0.3) is 5.56 Å². The Morgan fingerprint density at radius 3 is 2.96 bits per heavy atom. The van der Waals surface area contributed by atoms with Crippen molar-refractivity contribution >= 4 is 60.8 Å². The van der Waals surface area contributed by atoms with Gasteiger partial charge in [-0.15, -0.1) is 17.9 Å². The molecule has 0 aliphatic rings. The van der Waals surface area contributed by atoms with Gasteiger partial charge in [0.05, 0.1) is 16.8 Å². The molecule has 25 heavy (non-hydrogen) atoms. The van der Waals surface area contributed by atoms with Crippen molar-refractivity contribution in [3.05, 3.63) is 63.2 Å². The van der Waals surface area contributed by atoms with Gasteiger partial charge in [-0.25, -0.2) is 4.98 Å². The molecule has 3 aromatic rings. The lowest BCUT2D eigenvalue weighted by Crippen LogP contribution is -2.23. The topological polar surface area (TPSA) is 64.0 Å². The van der Waals surface area contributed by atoms with Crippen LogP contribution in [0.5, 0.6) is 0 Å². The summed E-state index contributed by atoms with van der Waals surface area (Å²) in [4.78, 5) is 30.0. The van der Waals surface area contributed by atoms with E-state index in [1.807, 2.05) is 29.6 Å². The first-order valence-electron chi connectivity index (χ1n) is 7.36. The van der Waals surface area contributed by atoms with Gasteiger partial charge in [-0.2, -0.15) is 0 Å². The SMILES string of the molecule is C=CCn1c(SCC(=O)Nc2ccccc2Br)nc2sccc2c1=O. The standard InChI is InChI=1S/C17H14BrN3O2S2/c1-2-8-21-16(23)11-7-9-24-15(11)20-17(21)25-10-14(22)19-13-6-4-3-5-12(13)18/h2-7,9H,1,8,10H2,(H,19,22). The van der Waals surface area contributed by atoms with E-state index < -0.39 is 0 Å². The smallest absolute Gasteiger partial charge is 0.263 e. The Kier molecular flexibility index (Phi) is 5.72. The average Bonchev–Trinajstić information content (AvgIpc) is 3.07. The molecule has 2 aromatic heterocycles. The Morgan fingerprint density at radius 1 is 1.40 bits per heavy atom. The number of hydrogen-bond acceptors (Lipinski definition) is 5. The Labute approximate surface area is 160 Å². The number of allylic oxidation sites excluding steroid dienone is 1. The van der Waals surface area contributed by atoms with Crippen molar-refractivity contribution in [2.24, 2.45) is 0 Å². The minimum absolute atomic E-state index is 0.111. The number of para-hydroxylation sites is 1. The van der Waals surface area contributed by atoms with Gasteiger partial charge in [0.2, 0.25) is 5.91 Å². The normalized spacial score (nSPS) is 10.8. The molecule has 0 fully saturated rings. The van der Waals surface area contributed by atoms with Crippen molar-refractivity contribution in [3.63, 3.8) is 0 Å². The van der Waals surface area contributed by atoms with Crippen molar-refractivity contribution in [1.29, 1.82) is 0 Å². The number of benzene rings is 1. The van der Waals surface area contributed by atoms with Gasteiger partial charge in [0, 0.05) is 11.0 Å². The highest BCUT2D eigenvalue weighted by molar-refractivity contribution is 9.10. The zero-order chi connectivity index (χ0) is 17.8. The third-order valence-corrected chi connectivity index (χ3v) is 5.81. The maximum Gasteiger partial charge on any atom is 0.263 e. The van der Waals surface area contributed by atoms with Crippen LogP contribution in [0.15, 0.2) is 62.8 Å². The zero-order valence-corrected chi connectivity index (χ0v) is 16.3. The number of carbonyl (C=O) groups excluding carboxylic acids is 1. The van der Waals surface area contributed by atoms with Gasteiger partial charge in [-0.1, -0.05) is 30.0 Å². The molecule has 1 aromatic carbocycles. The number of thioether (sulfide) groups is 1. The molecule has 1 N–H and O–H groups in total. The minimum atomic E-state index is -0.164. The number of hydrogen-bond donors (Lipinski definition) is 1. The summed E-state index contributed by atoms with van der Waals surface area (Å²) in [5, 5.41) is 5.79. The van der Waals surface area contributed by atoms with Crippen LogP contribution in [0, 0.1) is 0 Å². The number of aromatic nitrogens is 2. The van der Waals surface area contributed by atoms with E-state index in [0.717, 1.165) is 4.47 Å². The Morgan fingerprint density at radius 2 is 2.20 bits per heavy atom. The molecule has 0 bridgehead atoms. The van der Waals surface area contributed by atoms with Gasteiger partial charge in [0.15, 0.2) is 5.16 Å². The molecular weight excluding hydrogens is 422 g/mol. The molecule has 0 aliphatic heterocycles. The number of thiophene rings is 1. The fourth-order valence-electron chi connectivity index (χ4n) is 2.21. The molecule has 3 rings (SSSR count). The molecule has 0 atom stereocenters. The first kappa shape index (κ1) is 17.9. The summed E-state index contributed by atoms with van der Waals surface area (Å²) in [7, 11) is 0. The predicted octanol–water partition coefficient (Wildman–Crippen LogP) is 4.14. The summed E-state index contributed by atoms with van der Waals surface area (Å²) >= 11 is 6.04. The lowest BCUT2D eigenvalue weighted by Gasteiger charge is -2.10. The number of nitrogens with one attached hydrogen (secondary N) is 1. The second kappa shape index (κ2) is 7.99. The summed E-state index contributed by atoms with van der Waals surface area (Å²) < 4.78 is 2.35. The average molecular weight is 436 g/mol. The van der Waals surface area contributed by atoms with E-state index in [9.17, 15) is 9.59 Å². The number of nitrogens with zero attached hydrogens (tertiary/aromatic N) is 2. The van der Waals surface area contributed by atoms with Crippen LogP contribution in [0.25, 0.3) is 10.2 Å². The van der Waals surface area contributed by atoms with Gasteiger partial charge in [-0.05, 0) is 39.5 Å². The first-order chi connectivity index (χ1) is 12.1. The van der Waals surface area contributed by atoms with Crippen LogP contribution < -0.4 is 10.9 Å². The van der Waals surface area contributed by atoms with E-state index in [2.05, 4.69) is 32.8 Å². The van der Waals surface area contributed by atoms with Gasteiger partial charge in [0.1, 0.15) is 4.83 Å². The molecule has 2 heterocycles. The van der Waals surface area contributed by atoms with Crippen molar-refractivity contribution < 1.29 is 4.79 Å². The lowest BCUT2D eigenvalue weighted by atomic mass is 10.3. The number of amides is 1. The molecule has 0 saturated heterocycles. The highest BCUT2D eigenvalue weighted by Gasteiger charge is 2.13. The number of rotatable bonds is 6. The molecule has 5 nitrogen and oxygen atoms in total. The van der Waals surface area contributed by atoms with E-state index in [1.165, 1.54) is 23.1 Å². The highest BCUT2D eigenvalue weighted by atomic mass is 79.9. The monoisotopic (exact) mass is 435 g/mol. The molecule has 128 valence electrons. The maximum absolute atomic E-state index is 12.5. The molecule has 0 aliphatic carbocycles. The summed E-state index contributed by atoms with van der Waals surface area (Å²) in [6.07, 6.45) is 1.65. The molecule has 8 heteroatoms. The maximum atomic E-state index is 12.5. The fourth-order valence-corrected chi connectivity index (χ4v) is 4.21. The third-order valence-electron chi connectivity index (χ3n) is 3.34. The Bertz CT molecular complexity index is 997. The molecule has 0 radical (unpaired) electrons. The lowest BCUT2D eigenvalue weighted by molar-refractivity contribution is -0.113. The van der Waals surface area contributed by atoms with E-state index in [-0.39, 0.29) is 17.2 Å². The van der Waals surface area contributed by atoms with Crippen LogP contribution in [-0.4, -0.2) is 21.2 Å². The van der Waals surface area contributed by atoms with Crippen LogP contribution in [0.4, 0.5) is 5.69 Å². The highest BCUT2D eigenvalue weighted by Crippen LogP contribution is 2.23. The number of fused-ring (bicyclic) bond motifs is 1. The molecule has 0 spiro atoms. The van der Waals surface area contributed by atoms with Crippen molar-refractivity contribution in [3.8, 4) is 0 Å². The Balaban J connectivity index is 1.79. The summed E-state index contributed by atoms with van der Waals surface area (Å²) in [6, 6.07) is 9.17. The largest absolute Gasteiger partial charge is 0.324 e. The summed E-state index contributed by atoms with van der Waals surface area (Å²) in [5.74, 6) is -0.00972. The van der Waals surface area contributed by atoms with E-state index in [4.69, 9.17) is 0 Å². The zero-order valence-electron chi connectivity index (χ0n) is 13.1. The van der Waals surface area contributed by atoms with Crippen LogP contribution in [0.3, 0.4) is 0 Å². The van der Waals surface area contributed by atoms with Crippen molar-refractivity contribution in [2.75, 3.05) is 11.1 Å². The Hall–Kier alpha value is -1.90. The number of anilines is 1. The van der Waals surface area contributed by atoms with Crippen LogP contribution in [0.1, 0.15) is 0 Å². The third kappa shape index (κ3) is 4.02. The van der Waals surface area contributed by atoms with Gasteiger partial charge < -0.3 is 5.32 Å². The van der Waals surface area contributed by atoms with Crippen molar-refractivity contribution in [1.82, 2.24) is 9.55 Å². The van der Waals surface area contributed by atoms with Crippen LogP contribution in [0.2, 0.25) is 0 Å². The molecule has 1 amide bonds. The molecular formula is C17H14BrN3O2S2. The quantitative estimate of drug-likeness (QED) is 0.359. The van der Waals surface area contributed by atoms with E-state index >= 15 is 0 Å². The van der Waals surface area contributed by atoms with Gasteiger partial charge >= 0.3 is 0 Å². The second-order valence-electron chi connectivity index (χ2n) is 5.05. The fraction of sp³-hybridized carbons (Fsp3) is 0.118. The second-order valence-corrected chi connectivity index (χ2v) is 7.75. The molecule has 0 unspecified atom stereocenters. The predicted molar refractivity (Wildman–Crippen MR) is 108 cm³/mol. The first-order valence-corrected chi connectivity index (χ1v) is 10.0. The summed E-state index contributed by atoms with van der Waals surface area (Å²) in [5.41, 5.74) is 0.595. The van der Waals surface area contributed by atoms with Crippen LogP contribution >= 0.6 is 39.0 Å². The van der Waals surface area contributed by atoms with E-state index in [1.54, 1.807) is 16.7 Å². The van der Waals surface area contributed by atoms with Crippen molar-refractivity contribution in [2.45, 2.75) is 11.7 Å². The minimum Gasteiger partial charge on any atom is -0.324 e. The van der Waals surface area contributed by atoms with Gasteiger partial charge in [-0.3, -0.25) is 14.2 Å².